The SMILES string of the molecule is CCC(CC)(CNC(=O)C1=NN(Cc2ccccc2)C(=O)CC1)C(=O)O. The second-order valence-electron chi connectivity index (χ2n) is 6.46. The number of hydrogen-bond donors (Lipinski definition) is 2. The molecule has 2 N–H and O–H groups in total. The van der Waals surface area contributed by atoms with Crippen LogP contribution >= 0.6 is 0 Å². The molecule has 140 valence electrons. The largest absolute Gasteiger partial charge is 0.481 e. The van der Waals surface area contributed by atoms with Crippen molar-refractivity contribution in [2.45, 2.75) is 46.1 Å². The van der Waals surface area contributed by atoms with Crippen molar-refractivity contribution < 1.29 is 19.5 Å². The van der Waals surface area contributed by atoms with Crippen LogP contribution < -0.4 is 5.32 Å². The number of carbonyl (C=O) groups excluding carboxylic acids is 2. The van der Waals surface area contributed by atoms with Crippen molar-refractivity contribution >= 4 is 23.5 Å². The summed E-state index contributed by atoms with van der Waals surface area (Å²) in [6.45, 7) is 3.93. The predicted molar refractivity (Wildman–Crippen MR) is 97.3 cm³/mol. The summed E-state index contributed by atoms with van der Waals surface area (Å²) >= 11 is 0. The molecule has 2 amide bonds. The standard InChI is InChI=1S/C19H25N3O4/c1-3-19(4-2,18(25)26)13-20-17(24)15-10-11-16(23)22(21-15)12-14-8-6-5-7-9-14/h5-9H,3-4,10-13H2,1-2H3,(H,20,24)(H,25,26). The van der Waals surface area contributed by atoms with Crippen molar-refractivity contribution in [2.24, 2.45) is 10.5 Å². The van der Waals surface area contributed by atoms with Crippen LogP contribution in [0.1, 0.15) is 45.1 Å². The van der Waals surface area contributed by atoms with Gasteiger partial charge in [0, 0.05) is 19.4 Å². The molecule has 0 aliphatic carbocycles. The van der Waals surface area contributed by atoms with Crippen LogP contribution in [0.3, 0.4) is 0 Å². The zero-order chi connectivity index (χ0) is 19.2. The number of amides is 2. The normalized spacial score (nSPS) is 14.8. The van der Waals surface area contributed by atoms with Crippen LogP contribution in [-0.2, 0) is 20.9 Å². The van der Waals surface area contributed by atoms with Gasteiger partial charge in [-0.3, -0.25) is 14.4 Å². The van der Waals surface area contributed by atoms with Gasteiger partial charge in [-0.2, -0.15) is 5.10 Å². The smallest absolute Gasteiger partial charge is 0.311 e. The number of benzene rings is 1. The van der Waals surface area contributed by atoms with Gasteiger partial charge in [0.05, 0.1) is 12.0 Å². The van der Waals surface area contributed by atoms with Crippen molar-refractivity contribution in [2.75, 3.05) is 6.54 Å². The first-order valence-electron chi connectivity index (χ1n) is 8.85. The highest BCUT2D eigenvalue weighted by molar-refractivity contribution is 6.39. The van der Waals surface area contributed by atoms with Gasteiger partial charge in [-0.05, 0) is 18.4 Å². The van der Waals surface area contributed by atoms with E-state index in [4.69, 9.17) is 0 Å². The molecule has 0 fully saturated rings. The van der Waals surface area contributed by atoms with Gasteiger partial charge in [-0.25, -0.2) is 5.01 Å². The second-order valence-corrected chi connectivity index (χ2v) is 6.46. The summed E-state index contributed by atoms with van der Waals surface area (Å²) in [5.41, 5.74) is 0.199. The summed E-state index contributed by atoms with van der Waals surface area (Å²) in [5, 5.41) is 17.6. The van der Waals surface area contributed by atoms with Crippen molar-refractivity contribution in [3.63, 3.8) is 0 Å². The number of carboxylic acids is 1. The van der Waals surface area contributed by atoms with E-state index in [1.165, 1.54) is 5.01 Å². The molecule has 0 radical (unpaired) electrons. The molecule has 0 atom stereocenters. The van der Waals surface area contributed by atoms with Crippen LogP contribution in [-0.4, -0.2) is 40.2 Å². The highest BCUT2D eigenvalue weighted by Crippen LogP contribution is 2.25. The molecular formula is C19H25N3O4. The predicted octanol–water partition coefficient (Wildman–Crippen LogP) is 2.17. The van der Waals surface area contributed by atoms with Crippen molar-refractivity contribution in [3.05, 3.63) is 35.9 Å². The third-order valence-electron chi connectivity index (χ3n) is 4.94. The Balaban J connectivity index is 2.06. The number of hydrazone groups is 1. The van der Waals surface area contributed by atoms with Gasteiger partial charge in [-0.1, -0.05) is 44.2 Å². The third-order valence-corrected chi connectivity index (χ3v) is 4.94. The van der Waals surface area contributed by atoms with E-state index < -0.39 is 17.3 Å². The average Bonchev–Trinajstić information content (AvgIpc) is 2.65. The van der Waals surface area contributed by atoms with Crippen molar-refractivity contribution in [3.8, 4) is 0 Å². The Morgan fingerprint density at radius 1 is 1.19 bits per heavy atom. The second kappa shape index (κ2) is 8.60. The molecular weight excluding hydrogens is 334 g/mol. The molecule has 1 aromatic rings. The number of carbonyl (C=O) groups is 3. The molecule has 7 heteroatoms. The Morgan fingerprint density at radius 2 is 1.85 bits per heavy atom. The Bertz CT molecular complexity index is 696. The Hall–Kier alpha value is -2.70. The van der Waals surface area contributed by atoms with Crippen molar-refractivity contribution in [1.29, 1.82) is 0 Å². The van der Waals surface area contributed by atoms with E-state index in [2.05, 4.69) is 10.4 Å². The highest BCUT2D eigenvalue weighted by atomic mass is 16.4. The molecule has 0 bridgehead atoms. The highest BCUT2D eigenvalue weighted by Gasteiger charge is 2.36. The summed E-state index contributed by atoms with van der Waals surface area (Å²) in [5.74, 6) is -1.47. The summed E-state index contributed by atoms with van der Waals surface area (Å²) in [6.07, 6.45) is 1.31. The fourth-order valence-corrected chi connectivity index (χ4v) is 2.87. The molecule has 1 heterocycles. The molecule has 0 aromatic heterocycles. The number of nitrogens with zero attached hydrogens (tertiary/aromatic N) is 2. The number of rotatable bonds is 8. The first-order valence-corrected chi connectivity index (χ1v) is 8.85. The first-order chi connectivity index (χ1) is 12.4. The lowest BCUT2D eigenvalue weighted by atomic mass is 9.82. The van der Waals surface area contributed by atoms with Crippen LogP contribution in [0.25, 0.3) is 0 Å². The molecule has 1 aliphatic heterocycles. The summed E-state index contributed by atoms with van der Waals surface area (Å²) in [7, 11) is 0. The van der Waals surface area contributed by atoms with E-state index >= 15 is 0 Å². The summed E-state index contributed by atoms with van der Waals surface area (Å²) < 4.78 is 0. The zero-order valence-electron chi connectivity index (χ0n) is 15.2. The minimum absolute atomic E-state index is 0.0415. The van der Waals surface area contributed by atoms with E-state index in [-0.39, 0.29) is 31.0 Å². The minimum atomic E-state index is -0.982. The van der Waals surface area contributed by atoms with Crippen LogP contribution in [0.15, 0.2) is 35.4 Å². The van der Waals surface area contributed by atoms with E-state index in [9.17, 15) is 19.5 Å². The summed E-state index contributed by atoms with van der Waals surface area (Å²) in [4.78, 5) is 36.0. The number of hydrogen-bond acceptors (Lipinski definition) is 4. The van der Waals surface area contributed by atoms with Gasteiger partial charge < -0.3 is 10.4 Å². The van der Waals surface area contributed by atoms with Gasteiger partial charge in [0.1, 0.15) is 5.71 Å². The zero-order valence-corrected chi connectivity index (χ0v) is 15.2. The Kier molecular flexibility index (Phi) is 6.49. The fourth-order valence-electron chi connectivity index (χ4n) is 2.87. The van der Waals surface area contributed by atoms with Crippen LogP contribution in [0.5, 0.6) is 0 Å². The average molecular weight is 359 g/mol. The maximum absolute atomic E-state index is 12.4. The third kappa shape index (κ3) is 4.47. The monoisotopic (exact) mass is 359 g/mol. The van der Waals surface area contributed by atoms with Gasteiger partial charge in [0.15, 0.2) is 0 Å². The Labute approximate surface area is 153 Å². The number of carboxylic acid groups (broad SMARTS) is 1. The molecule has 26 heavy (non-hydrogen) atoms. The first kappa shape index (κ1) is 19.6. The number of nitrogens with one attached hydrogen (secondary N) is 1. The van der Waals surface area contributed by atoms with E-state index in [1.54, 1.807) is 13.8 Å². The van der Waals surface area contributed by atoms with E-state index in [1.807, 2.05) is 30.3 Å². The maximum atomic E-state index is 12.4. The lowest BCUT2D eigenvalue weighted by Crippen LogP contribution is -2.45. The summed E-state index contributed by atoms with van der Waals surface area (Å²) in [6, 6.07) is 9.42. The van der Waals surface area contributed by atoms with Crippen LogP contribution in [0.2, 0.25) is 0 Å². The molecule has 7 nitrogen and oxygen atoms in total. The maximum Gasteiger partial charge on any atom is 0.311 e. The molecule has 0 saturated heterocycles. The van der Waals surface area contributed by atoms with Crippen LogP contribution in [0, 0.1) is 5.41 Å². The lowest BCUT2D eigenvalue weighted by Gasteiger charge is -2.28. The fraction of sp³-hybridized carbons (Fsp3) is 0.474. The molecule has 2 rings (SSSR count). The molecule has 1 aromatic carbocycles. The lowest BCUT2D eigenvalue weighted by molar-refractivity contribution is -0.149. The van der Waals surface area contributed by atoms with Gasteiger partial charge >= 0.3 is 5.97 Å². The van der Waals surface area contributed by atoms with Gasteiger partial charge in [0.2, 0.25) is 5.91 Å². The van der Waals surface area contributed by atoms with E-state index in [0.29, 0.717) is 19.4 Å². The molecule has 0 spiro atoms. The topological polar surface area (TPSA) is 99.1 Å². The van der Waals surface area contributed by atoms with Crippen molar-refractivity contribution in [1.82, 2.24) is 10.3 Å². The minimum Gasteiger partial charge on any atom is -0.481 e. The quantitative estimate of drug-likeness (QED) is 0.743. The van der Waals surface area contributed by atoms with Gasteiger partial charge in [-0.15, -0.1) is 0 Å². The number of aliphatic carboxylic acids is 1. The van der Waals surface area contributed by atoms with E-state index in [0.717, 1.165) is 5.56 Å². The molecule has 0 unspecified atom stereocenters. The molecule has 0 saturated carbocycles. The van der Waals surface area contributed by atoms with Crippen LogP contribution in [0.4, 0.5) is 0 Å². The molecule has 1 aliphatic rings. The Morgan fingerprint density at radius 3 is 2.42 bits per heavy atom. The van der Waals surface area contributed by atoms with Gasteiger partial charge in [0.25, 0.3) is 5.91 Å².